The highest BCUT2D eigenvalue weighted by atomic mass is 32.1. The van der Waals surface area contributed by atoms with E-state index in [0.717, 1.165) is 15.2 Å². The van der Waals surface area contributed by atoms with Crippen molar-refractivity contribution in [1.29, 1.82) is 0 Å². The van der Waals surface area contributed by atoms with E-state index in [0.29, 0.717) is 24.3 Å². The number of rotatable bonds is 7. The Labute approximate surface area is 182 Å². The summed E-state index contributed by atoms with van der Waals surface area (Å²) >= 11 is 1.60. The van der Waals surface area contributed by atoms with E-state index in [1.54, 1.807) is 35.6 Å². The van der Waals surface area contributed by atoms with Crippen LogP contribution in [0.3, 0.4) is 0 Å². The second-order valence-electron chi connectivity index (χ2n) is 6.87. The molecule has 2 amide bonds. The number of imide groups is 1. The summed E-state index contributed by atoms with van der Waals surface area (Å²) < 4.78 is 17.0. The molecule has 1 aromatic heterocycles. The van der Waals surface area contributed by atoms with Gasteiger partial charge in [0.15, 0.2) is 18.1 Å². The molecule has 2 aromatic carbocycles. The van der Waals surface area contributed by atoms with Crippen molar-refractivity contribution in [2.24, 2.45) is 0 Å². The molecule has 0 saturated carbocycles. The van der Waals surface area contributed by atoms with Gasteiger partial charge >= 0.3 is 5.97 Å². The summed E-state index contributed by atoms with van der Waals surface area (Å²) in [5.41, 5.74) is 0.947. The third-order valence-electron chi connectivity index (χ3n) is 4.54. The molecule has 9 heteroatoms. The lowest BCUT2D eigenvalue weighted by Gasteiger charge is -2.25. The molecule has 1 aliphatic heterocycles. The van der Waals surface area contributed by atoms with Gasteiger partial charge in [-0.3, -0.25) is 19.7 Å². The minimum absolute atomic E-state index is 0.0122. The van der Waals surface area contributed by atoms with Gasteiger partial charge in [-0.05, 0) is 37.1 Å². The molecule has 1 N–H and O–H groups in total. The van der Waals surface area contributed by atoms with Gasteiger partial charge in [-0.1, -0.05) is 24.3 Å². The van der Waals surface area contributed by atoms with Crippen LogP contribution in [0.2, 0.25) is 0 Å². The van der Waals surface area contributed by atoms with Gasteiger partial charge < -0.3 is 14.2 Å². The smallest absolute Gasteiger partial charge is 0.306 e. The number of carbonyl (C=O) groups is 3. The van der Waals surface area contributed by atoms with Crippen LogP contribution >= 0.6 is 11.3 Å². The Balaban J connectivity index is 1.15. The van der Waals surface area contributed by atoms with Crippen LogP contribution < -0.4 is 14.8 Å². The summed E-state index contributed by atoms with van der Waals surface area (Å²) in [6, 6.07) is 14.8. The van der Waals surface area contributed by atoms with Crippen molar-refractivity contribution >= 4 is 39.3 Å². The normalized spacial score (nSPS) is 14.8. The van der Waals surface area contributed by atoms with Crippen LogP contribution in [0.1, 0.15) is 17.8 Å². The van der Waals surface area contributed by atoms with E-state index in [-0.39, 0.29) is 13.0 Å². The zero-order valence-electron chi connectivity index (χ0n) is 16.5. The number of hydrogen-bond donors (Lipinski definition) is 1. The summed E-state index contributed by atoms with van der Waals surface area (Å²) in [7, 11) is 0. The molecule has 0 bridgehead atoms. The molecule has 0 radical (unpaired) electrons. The maximum Gasteiger partial charge on any atom is 0.306 e. The molecule has 1 atom stereocenters. The average molecular weight is 440 g/mol. The van der Waals surface area contributed by atoms with Gasteiger partial charge in [0, 0.05) is 6.42 Å². The molecule has 2 heterocycles. The predicted molar refractivity (Wildman–Crippen MR) is 113 cm³/mol. The van der Waals surface area contributed by atoms with Crippen LogP contribution in [0.4, 0.5) is 0 Å². The van der Waals surface area contributed by atoms with E-state index >= 15 is 0 Å². The fourth-order valence-corrected chi connectivity index (χ4v) is 4.04. The summed E-state index contributed by atoms with van der Waals surface area (Å²) in [5, 5.41) is 3.12. The number of nitrogens with one attached hydrogen (secondary N) is 1. The molecule has 3 aromatic rings. The Morgan fingerprint density at radius 3 is 2.71 bits per heavy atom. The first-order valence-electron chi connectivity index (χ1n) is 9.81. The van der Waals surface area contributed by atoms with E-state index in [2.05, 4.69) is 10.3 Å². The third kappa shape index (κ3) is 5.37. The maximum atomic E-state index is 12.2. The topological polar surface area (TPSA) is 104 Å². The molecule has 0 fully saturated rings. The van der Waals surface area contributed by atoms with Gasteiger partial charge in [0.05, 0.1) is 15.2 Å². The fourth-order valence-electron chi connectivity index (χ4n) is 3.03. The Bertz CT molecular complexity index is 1080. The van der Waals surface area contributed by atoms with Crippen molar-refractivity contribution in [2.75, 3.05) is 13.2 Å². The highest BCUT2D eigenvalue weighted by Gasteiger charge is 2.28. The number of thiazole rings is 1. The van der Waals surface area contributed by atoms with E-state index in [9.17, 15) is 14.4 Å². The van der Waals surface area contributed by atoms with Crippen LogP contribution in [-0.2, 0) is 25.5 Å². The van der Waals surface area contributed by atoms with Crippen LogP contribution in [0, 0.1) is 0 Å². The first-order chi connectivity index (χ1) is 15.1. The van der Waals surface area contributed by atoms with Crippen molar-refractivity contribution in [3.8, 4) is 11.5 Å². The number of hydrogen-bond acceptors (Lipinski definition) is 8. The van der Waals surface area contributed by atoms with Crippen LogP contribution in [0.5, 0.6) is 11.5 Å². The minimum atomic E-state index is -0.955. The fraction of sp³-hybridized carbons (Fsp3) is 0.273. The number of nitrogens with zero attached hydrogens (tertiary/aromatic N) is 1. The Morgan fingerprint density at radius 1 is 1.10 bits per heavy atom. The van der Waals surface area contributed by atoms with E-state index in [4.69, 9.17) is 14.2 Å². The molecule has 1 aliphatic rings. The number of esters is 1. The van der Waals surface area contributed by atoms with Gasteiger partial charge in [-0.15, -0.1) is 11.3 Å². The lowest BCUT2D eigenvalue weighted by atomic mass is 10.2. The zero-order valence-corrected chi connectivity index (χ0v) is 17.4. The number of aromatic nitrogens is 1. The third-order valence-corrected chi connectivity index (χ3v) is 5.63. The van der Waals surface area contributed by atoms with Crippen LogP contribution in [-0.4, -0.2) is 42.1 Å². The highest BCUT2D eigenvalue weighted by molar-refractivity contribution is 7.18. The number of amides is 2. The number of benzene rings is 2. The first kappa shape index (κ1) is 20.8. The summed E-state index contributed by atoms with van der Waals surface area (Å²) in [5.74, 6) is -0.896. The number of fused-ring (bicyclic) bond motifs is 2. The second-order valence-corrected chi connectivity index (χ2v) is 7.98. The van der Waals surface area contributed by atoms with Gasteiger partial charge in [-0.2, -0.15) is 0 Å². The van der Waals surface area contributed by atoms with Crippen molar-refractivity contribution in [3.63, 3.8) is 0 Å². The van der Waals surface area contributed by atoms with Crippen molar-refractivity contribution < 1.29 is 28.6 Å². The summed E-state index contributed by atoms with van der Waals surface area (Å²) in [4.78, 5) is 40.5. The minimum Gasteiger partial charge on any atom is -0.485 e. The van der Waals surface area contributed by atoms with E-state index in [1.807, 2.05) is 24.3 Å². The molecule has 0 saturated heterocycles. The number of para-hydroxylation sites is 3. The monoisotopic (exact) mass is 440 g/mol. The Kier molecular flexibility index (Phi) is 6.42. The summed E-state index contributed by atoms with van der Waals surface area (Å²) in [6.45, 7) is -0.544. The second kappa shape index (κ2) is 9.57. The highest BCUT2D eigenvalue weighted by Crippen LogP contribution is 2.30. The average Bonchev–Trinajstić information content (AvgIpc) is 3.20. The Morgan fingerprint density at radius 2 is 1.87 bits per heavy atom. The van der Waals surface area contributed by atoms with Crippen molar-refractivity contribution in [3.05, 3.63) is 53.5 Å². The molecule has 0 spiro atoms. The van der Waals surface area contributed by atoms with Crippen LogP contribution in [0.25, 0.3) is 10.2 Å². The van der Waals surface area contributed by atoms with E-state index in [1.165, 1.54) is 0 Å². The molecule has 160 valence electrons. The maximum absolute atomic E-state index is 12.2. The molecule has 4 rings (SSSR count). The van der Waals surface area contributed by atoms with Gasteiger partial charge in [0.1, 0.15) is 6.61 Å². The molecule has 8 nitrogen and oxygen atoms in total. The molecular weight excluding hydrogens is 420 g/mol. The lowest BCUT2D eigenvalue weighted by molar-refractivity contribution is -0.150. The number of aryl methyl sites for hydroxylation is 1. The van der Waals surface area contributed by atoms with Crippen molar-refractivity contribution in [2.45, 2.75) is 25.4 Å². The van der Waals surface area contributed by atoms with Gasteiger partial charge in [0.2, 0.25) is 6.10 Å². The van der Waals surface area contributed by atoms with E-state index < -0.39 is 30.5 Å². The first-order valence-corrected chi connectivity index (χ1v) is 10.6. The molecule has 0 unspecified atom stereocenters. The van der Waals surface area contributed by atoms with Gasteiger partial charge in [0.25, 0.3) is 11.8 Å². The van der Waals surface area contributed by atoms with Gasteiger partial charge in [-0.25, -0.2) is 4.98 Å². The molecule has 31 heavy (non-hydrogen) atoms. The molecular formula is C22H20N2O6S. The van der Waals surface area contributed by atoms with Crippen LogP contribution in [0.15, 0.2) is 48.5 Å². The quantitative estimate of drug-likeness (QED) is 0.563. The summed E-state index contributed by atoms with van der Waals surface area (Å²) in [6.07, 6.45) is 0.419. The number of carbonyl (C=O) groups excluding carboxylic acids is 3. The zero-order chi connectivity index (χ0) is 21.6. The van der Waals surface area contributed by atoms with Crippen molar-refractivity contribution in [1.82, 2.24) is 10.3 Å². The SMILES string of the molecule is O=C(COC(=O)CCCc1nc2ccccc2s1)NC(=O)[C@@H]1COc2ccccc2O1. The molecule has 0 aliphatic carbocycles. The largest absolute Gasteiger partial charge is 0.485 e. The lowest BCUT2D eigenvalue weighted by Crippen LogP contribution is -2.47. The Hall–Kier alpha value is -3.46. The number of ether oxygens (including phenoxy) is 3. The predicted octanol–water partition coefficient (Wildman–Crippen LogP) is 2.65. The standard InChI is InChI=1S/C22H20N2O6S/c25-19(24-22(27)17-12-28-15-7-2-3-8-16(15)30-17)13-29-21(26)11-5-10-20-23-14-6-1-4-9-18(14)31-20/h1-4,6-9,17H,5,10-13H2,(H,24,25,27)/t17-/m0/s1.